The van der Waals surface area contributed by atoms with Crippen LogP contribution in [0.1, 0.15) is 0 Å². The van der Waals surface area contributed by atoms with E-state index in [0.717, 1.165) is 48.5 Å². The van der Waals surface area contributed by atoms with Gasteiger partial charge in [0.1, 0.15) is 5.82 Å². The summed E-state index contributed by atoms with van der Waals surface area (Å²) in [5.74, 6) is 2.78. The summed E-state index contributed by atoms with van der Waals surface area (Å²) in [4.78, 5) is 14.3. The predicted octanol–water partition coefficient (Wildman–Crippen LogP) is 3.08. The Morgan fingerprint density at radius 2 is 1.63 bits per heavy atom. The third-order valence-corrected chi connectivity index (χ3v) is 5.62. The molecule has 0 unspecified atom stereocenters. The molecule has 0 atom stereocenters. The number of piperazine rings is 1. The Morgan fingerprint density at radius 3 is 2.27 bits per heavy atom. The van der Waals surface area contributed by atoms with Crippen molar-refractivity contribution in [2.45, 2.75) is 0 Å². The molecule has 0 radical (unpaired) electrons. The first-order chi connectivity index (χ1) is 14.6. The number of ether oxygens (including phenoxy) is 2. The predicted molar refractivity (Wildman–Crippen MR) is 119 cm³/mol. The monoisotopic (exact) mass is 428 g/mol. The van der Waals surface area contributed by atoms with Crippen molar-refractivity contribution in [1.29, 1.82) is 0 Å². The molecule has 0 spiro atoms. The van der Waals surface area contributed by atoms with Crippen LogP contribution >= 0.6 is 11.6 Å². The zero-order valence-corrected chi connectivity index (χ0v) is 17.9. The van der Waals surface area contributed by atoms with E-state index in [1.807, 2.05) is 36.4 Å². The number of hydrogen-bond acceptors (Lipinski definition) is 7. The highest BCUT2D eigenvalue weighted by Crippen LogP contribution is 2.36. The molecule has 0 amide bonds. The fraction of sp³-hybridized carbons (Fsp3) is 0.364. The Kier molecular flexibility index (Phi) is 6.22. The zero-order chi connectivity index (χ0) is 21.1. The first-order valence-electron chi connectivity index (χ1n) is 9.91. The van der Waals surface area contributed by atoms with Crippen molar-refractivity contribution in [2.24, 2.45) is 0 Å². The van der Waals surface area contributed by atoms with Crippen molar-refractivity contribution in [1.82, 2.24) is 14.9 Å². The highest BCUT2D eigenvalue weighted by atomic mass is 35.5. The fourth-order valence-electron chi connectivity index (χ4n) is 3.73. The Balaban J connectivity index is 1.82. The maximum atomic E-state index is 9.22. The number of halogens is 1. The van der Waals surface area contributed by atoms with Crippen LogP contribution in [0.3, 0.4) is 0 Å². The maximum absolute atomic E-state index is 9.22. The largest absolute Gasteiger partial charge is 0.493 e. The molecule has 2 aromatic carbocycles. The van der Waals surface area contributed by atoms with Gasteiger partial charge >= 0.3 is 0 Å². The highest BCUT2D eigenvalue weighted by Gasteiger charge is 2.22. The van der Waals surface area contributed by atoms with Crippen molar-refractivity contribution < 1.29 is 14.6 Å². The van der Waals surface area contributed by atoms with Gasteiger partial charge in [-0.25, -0.2) is 9.97 Å². The number of fused-ring (bicyclic) bond motifs is 1. The van der Waals surface area contributed by atoms with Crippen LogP contribution in [0.4, 0.5) is 5.82 Å². The third-order valence-electron chi connectivity index (χ3n) is 5.37. The van der Waals surface area contributed by atoms with Crippen molar-refractivity contribution in [3.63, 3.8) is 0 Å². The molecule has 1 aliphatic rings. The Labute approximate surface area is 180 Å². The summed E-state index contributed by atoms with van der Waals surface area (Å²) in [6.07, 6.45) is 0. The van der Waals surface area contributed by atoms with E-state index >= 15 is 0 Å². The first kappa shape index (κ1) is 20.7. The van der Waals surface area contributed by atoms with Gasteiger partial charge in [0.2, 0.25) is 0 Å². The molecule has 8 heteroatoms. The second-order valence-corrected chi connectivity index (χ2v) is 7.59. The fourth-order valence-corrected chi connectivity index (χ4v) is 3.86. The lowest BCUT2D eigenvalue weighted by Gasteiger charge is -2.35. The van der Waals surface area contributed by atoms with E-state index in [9.17, 15) is 5.11 Å². The average Bonchev–Trinajstić information content (AvgIpc) is 2.78. The summed E-state index contributed by atoms with van der Waals surface area (Å²) >= 11 is 6.06. The van der Waals surface area contributed by atoms with E-state index in [-0.39, 0.29) is 6.61 Å². The van der Waals surface area contributed by atoms with Crippen LogP contribution in [-0.4, -0.2) is 73.5 Å². The molecule has 158 valence electrons. The lowest BCUT2D eigenvalue weighted by molar-refractivity contribution is 0.188. The van der Waals surface area contributed by atoms with Crippen LogP contribution in [0.2, 0.25) is 5.02 Å². The van der Waals surface area contributed by atoms with Gasteiger partial charge < -0.3 is 19.5 Å². The molecule has 1 saturated heterocycles. The van der Waals surface area contributed by atoms with Crippen LogP contribution in [0, 0.1) is 0 Å². The van der Waals surface area contributed by atoms with E-state index in [4.69, 9.17) is 31.0 Å². The second-order valence-electron chi connectivity index (χ2n) is 7.15. The number of hydrogen-bond donors (Lipinski definition) is 1. The average molecular weight is 429 g/mol. The van der Waals surface area contributed by atoms with Crippen LogP contribution in [0.25, 0.3) is 22.3 Å². The molecule has 1 aromatic heterocycles. The van der Waals surface area contributed by atoms with Crippen LogP contribution in [0.5, 0.6) is 11.5 Å². The number of benzene rings is 2. The zero-order valence-electron chi connectivity index (χ0n) is 17.1. The molecule has 1 fully saturated rings. The summed E-state index contributed by atoms with van der Waals surface area (Å²) < 4.78 is 11.0. The lowest BCUT2D eigenvalue weighted by Crippen LogP contribution is -2.47. The number of nitrogens with zero attached hydrogens (tertiary/aromatic N) is 4. The third kappa shape index (κ3) is 4.14. The quantitative estimate of drug-likeness (QED) is 0.646. The molecule has 0 bridgehead atoms. The van der Waals surface area contributed by atoms with E-state index in [1.165, 1.54) is 0 Å². The summed E-state index contributed by atoms with van der Waals surface area (Å²) in [6, 6.07) is 11.4. The van der Waals surface area contributed by atoms with Crippen molar-refractivity contribution in [3.8, 4) is 22.9 Å². The number of methoxy groups -OCH3 is 2. The molecule has 3 aromatic rings. The molecular formula is C22H25ClN4O3. The number of aliphatic hydroxyl groups excluding tert-OH is 1. The molecule has 0 saturated carbocycles. The molecule has 1 N–H and O–H groups in total. The van der Waals surface area contributed by atoms with Gasteiger partial charge in [-0.2, -0.15) is 0 Å². The SMILES string of the molecule is COc1cc2nc(-c3ccc(Cl)cc3)nc(N3CCN(CCO)CC3)c2cc1OC. The van der Waals surface area contributed by atoms with Crippen LogP contribution < -0.4 is 14.4 Å². The Morgan fingerprint density at radius 1 is 0.967 bits per heavy atom. The van der Waals surface area contributed by atoms with Crippen LogP contribution in [0.15, 0.2) is 36.4 Å². The van der Waals surface area contributed by atoms with Crippen molar-refractivity contribution >= 4 is 28.3 Å². The standard InChI is InChI=1S/C22H25ClN4O3/c1-29-19-13-17-18(14-20(19)30-2)24-21(15-3-5-16(23)6-4-15)25-22(17)27-9-7-26(8-10-27)11-12-28/h3-6,13-14,28H,7-12H2,1-2H3. The smallest absolute Gasteiger partial charge is 0.162 e. The van der Waals surface area contributed by atoms with Gasteiger partial charge in [-0.3, -0.25) is 4.90 Å². The van der Waals surface area contributed by atoms with E-state index in [1.54, 1.807) is 14.2 Å². The first-order valence-corrected chi connectivity index (χ1v) is 10.3. The van der Waals surface area contributed by atoms with E-state index < -0.39 is 0 Å². The summed E-state index contributed by atoms with van der Waals surface area (Å²) in [7, 11) is 3.24. The van der Waals surface area contributed by atoms with Gasteiger partial charge in [-0.1, -0.05) is 11.6 Å². The van der Waals surface area contributed by atoms with Crippen molar-refractivity contribution in [2.75, 3.05) is 58.5 Å². The van der Waals surface area contributed by atoms with E-state index in [0.29, 0.717) is 28.9 Å². The minimum atomic E-state index is 0.175. The molecule has 0 aliphatic carbocycles. The molecule has 30 heavy (non-hydrogen) atoms. The number of aliphatic hydroxyl groups is 1. The minimum Gasteiger partial charge on any atom is -0.493 e. The van der Waals surface area contributed by atoms with Crippen LogP contribution in [-0.2, 0) is 0 Å². The van der Waals surface area contributed by atoms with Gasteiger partial charge in [0.15, 0.2) is 17.3 Å². The number of β-amino-alcohol motifs (C(OH)–C–C–N with tert-alkyl or cyclic N) is 1. The Bertz CT molecular complexity index is 1020. The normalized spacial score (nSPS) is 14.9. The van der Waals surface area contributed by atoms with Gasteiger partial charge in [-0.15, -0.1) is 0 Å². The second kappa shape index (κ2) is 9.04. The number of rotatable bonds is 6. The number of aromatic nitrogens is 2. The van der Waals surface area contributed by atoms with Gasteiger partial charge in [-0.05, 0) is 30.3 Å². The van der Waals surface area contributed by atoms with Gasteiger partial charge in [0.25, 0.3) is 0 Å². The summed E-state index contributed by atoms with van der Waals surface area (Å²) in [5, 5.41) is 10.8. The summed E-state index contributed by atoms with van der Waals surface area (Å²) in [6.45, 7) is 4.25. The topological polar surface area (TPSA) is 71.0 Å². The molecular weight excluding hydrogens is 404 g/mol. The highest BCUT2D eigenvalue weighted by molar-refractivity contribution is 6.30. The minimum absolute atomic E-state index is 0.175. The number of anilines is 1. The lowest BCUT2D eigenvalue weighted by atomic mass is 10.1. The Hall–Kier alpha value is -2.61. The molecule has 1 aliphatic heterocycles. The molecule has 2 heterocycles. The maximum Gasteiger partial charge on any atom is 0.162 e. The van der Waals surface area contributed by atoms with Gasteiger partial charge in [0.05, 0.1) is 26.3 Å². The van der Waals surface area contributed by atoms with Gasteiger partial charge in [0, 0.05) is 54.8 Å². The summed E-state index contributed by atoms with van der Waals surface area (Å²) in [5.41, 5.74) is 1.69. The molecule has 4 rings (SSSR count). The van der Waals surface area contributed by atoms with E-state index in [2.05, 4.69) is 9.80 Å². The van der Waals surface area contributed by atoms with Crippen molar-refractivity contribution in [3.05, 3.63) is 41.4 Å². The molecule has 7 nitrogen and oxygen atoms in total.